The van der Waals surface area contributed by atoms with Gasteiger partial charge in [-0.1, -0.05) is 0 Å². The smallest absolute Gasteiger partial charge is 0.410 e. The van der Waals surface area contributed by atoms with Gasteiger partial charge in [0.05, 0.1) is 7.11 Å². The Balaban J connectivity index is 2.08. The molecule has 6 heteroatoms. The molecule has 2 amide bonds. The molecule has 0 N–H and O–H groups in total. The van der Waals surface area contributed by atoms with Gasteiger partial charge in [-0.3, -0.25) is 14.5 Å². The maximum Gasteiger partial charge on any atom is 0.410 e. The minimum absolute atomic E-state index is 0.182. The van der Waals surface area contributed by atoms with Crippen LogP contribution in [0.4, 0.5) is 4.79 Å². The molecular formula is C13H22N2O4. The molecule has 108 valence electrons. The van der Waals surface area contributed by atoms with Gasteiger partial charge in [0.1, 0.15) is 11.6 Å². The summed E-state index contributed by atoms with van der Waals surface area (Å²) in [6.07, 6.45) is 0.593. The fraction of sp³-hybridized carbons (Fsp3) is 0.846. The standard InChI is InChI=1S/C13H22N2O4/c1-13(2,3)19-12(17)15-7-8-6-9(8)10(15)11(16)14(4)18-5/h8-10H,6-7H2,1-5H3. The molecule has 0 radical (unpaired) electrons. The van der Waals surface area contributed by atoms with Crippen molar-refractivity contribution in [3.05, 3.63) is 0 Å². The lowest BCUT2D eigenvalue weighted by Crippen LogP contribution is -2.49. The molecule has 2 aliphatic rings. The van der Waals surface area contributed by atoms with Gasteiger partial charge in [0.15, 0.2) is 0 Å². The zero-order valence-corrected chi connectivity index (χ0v) is 12.2. The van der Waals surface area contributed by atoms with E-state index in [-0.39, 0.29) is 11.8 Å². The number of carbonyl (C=O) groups is 2. The average Bonchev–Trinajstić information content (AvgIpc) is 2.96. The predicted molar refractivity (Wildman–Crippen MR) is 68.1 cm³/mol. The van der Waals surface area contributed by atoms with Crippen molar-refractivity contribution in [2.24, 2.45) is 11.8 Å². The highest BCUT2D eigenvalue weighted by atomic mass is 16.7. The van der Waals surface area contributed by atoms with Gasteiger partial charge in [0.2, 0.25) is 0 Å². The van der Waals surface area contributed by atoms with Crippen LogP contribution < -0.4 is 0 Å². The Labute approximate surface area is 113 Å². The molecule has 3 unspecified atom stereocenters. The lowest BCUT2D eigenvalue weighted by molar-refractivity contribution is -0.174. The van der Waals surface area contributed by atoms with Crippen molar-refractivity contribution >= 4 is 12.0 Å². The van der Waals surface area contributed by atoms with Crippen molar-refractivity contribution in [3.63, 3.8) is 0 Å². The third-order valence-electron chi connectivity index (χ3n) is 3.62. The molecule has 0 spiro atoms. The molecule has 6 nitrogen and oxygen atoms in total. The zero-order valence-electron chi connectivity index (χ0n) is 12.2. The van der Waals surface area contributed by atoms with Crippen LogP contribution >= 0.6 is 0 Å². The van der Waals surface area contributed by atoms with Crippen LogP contribution in [0.2, 0.25) is 0 Å². The highest BCUT2D eigenvalue weighted by Crippen LogP contribution is 2.50. The monoisotopic (exact) mass is 270 g/mol. The number of carbonyl (C=O) groups excluding carboxylic acids is 2. The molecule has 0 bridgehead atoms. The molecule has 1 heterocycles. The van der Waals surface area contributed by atoms with Crippen molar-refractivity contribution in [2.45, 2.75) is 38.8 Å². The first kappa shape index (κ1) is 14.1. The Morgan fingerprint density at radius 2 is 1.95 bits per heavy atom. The third-order valence-corrected chi connectivity index (χ3v) is 3.62. The third kappa shape index (κ3) is 2.83. The van der Waals surface area contributed by atoms with Gasteiger partial charge in [0, 0.05) is 13.6 Å². The van der Waals surface area contributed by atoms with Gasteiger partial charge in [-0.2, -0.15) is 0 Å². The van der Waals surface area contributed by atoms with Crippen LogP contribution in [0.3, 0.4) is 0 Å². The highest BCUT2D eigenvalue weighted by Gasteiger charge is 2.58. The predicted octanol–water partition coefficient (Wildman–Crippen LogP) is 1.26. The topological polar surface area (TPSA) is 59.1 Å². The van der Waals surface area contributed by atoms with Crippen molar-refractivity contribution in [2.75, 3.05) is 20.7 Å². The van der Waals surface area contributed by atoms with E-state index in [9.17, 15) is 9.59 Å². The van der Waals surface area contributed by atoms with Crippen LogP contribution in [-0.2, 0) is 14.4 Å². The number of hydrogen-bond acceptors (Lipinski definition) is 4. The SMILES string of the molecule is CON(C)C(=O)C1C2CC2CN1C(=O)OC(C)(C)C. The summed E-state index contributed by atoms with van der Waals surface area (Å²) < 4.78 is 5.36. The fourth-order valence-electron chi connectivity index (χ4n) is 2.57. The second-order valence-corrected chi connectivity index (χ2v) is 6.26. The van der Waals surface area contributed by atoms with Crippen LogP contribution in [0, 0.1) is 11.8 Å². The summed E-state index contributed by atoms with van der Waals surface area (Å²) in [7, 11) is 3.00. The van der Waals surface area contributed by atoms with E-state index >= 15 is 0 Å². The second kappa shape index (κ2) is 4.67. The molecule has 1 saturated heterocycles. The fourth-order valence-corrected chi connectivity index (χ4v) is 2.57. The molecule has 0 aromatic heterocycles. The number of nitrogens with zero attached hydrogens (tertiary/aromatic N) is 2. The molecule has 0 aromatic rings. The van der Waals surface area contributed by atoms with E-state index in [0.717, 1.165) is 6.42 Å². The quantitative estimate of drug-likeness (QED) is 0.709. The van der Waals surface area contributed by atoms with Crippen molar-refractivity contribution in [1.82, 2.24) is 9.96 Å². The molecule has 1 saturated carbocycles. The normalized spacial score (nSPS) is 28.9. The molecule has 0 aromatic carbocycles. The summed E-state index contributed by atoms with van der Waals surface area (Å²) in [4.78, 5) is 30.9. The summed E-state index contributed by atoms with van der Waals surface area (Å²) in [6.45, 7) is 6.06. The van der Waals surface area contributed by atoms with E-state index in [1.165, 1.54) is 12.2 Å². The first-order valence-corrected chi connectivity index (χ1v) is 6.56. The lowest BCUT2D eigenvalue weighted by Gasteiger charge is -2.31. The number of hydrogen-bond donors (Lipinski definition) is 0. The Kier molecular flexibility index (Phi) is 3.47. The summed E-state index contributed by atoms with van der Waals surface area (Å²) in [5, 5.41) is 1.18. The van der Waals surface area contributed by atoms with E-state index in [0.29, 0.717) is 12.5 Å². The number of likely N-dealkylation sites (tertiary alicyclic amines) is 1. The number of hydroxylamine groups is 2. The summed E-state index contributed by atoms with van der Waals surface area (Å²) in [6, 6.07) is -0.440. The lowest BCUT2D eigenvalue weighted by atomic mass is 10.1. The number of fused-ring (bicyclic) bond motifs is 1. The maximum atomic E-state index is 12.2. The molecule has 2 fully saturated rings. The minimum atomic E-state index is -0.551. The zero-order chi connectivity index (χ0) is 14.4. The number of rotatable bonds is 2. The van der Waals surface area contributed by atoms with Crippen molar-refractivity contribution < 1.29 is 19.2 Å². The molecular weight excluding hydrogens is 248 g/mol. The average molecular weight is 270 g/mol. The van der Waals surface area contributed by atoms with Crippen molar-refractivity contribution in [1.29, 1.82) is 0 Å². The Hall–Kier alpha value is -1.30. The van der Waals surface area contributed by atoms with E-state index in [2.05, 4.69) is 0 Å². The summed E-state index contributed by atoms with van der Waals surface area (Å²) in [5.41, 5.74) is -0.551. The summed E-state index contributed by atoms with van der Waals surface area (Å²) in [5.74, 6) is 0.516. The first-order valence-electron chi connectivity index (χ1n) is 6.56. The van der Waals surface area contributed by atoms with Gasteiger partial charge in [0.25, 0.3) is 5.91 Å². The van der Waals surface area contributed by atoms with Crippen LogP contribution in [0.25, 0.3) is 0 Å². The molecule has 1 aliphatic heterocycles. The second-order valence-electron chi connectivity index (χ2n) is 6.26. The van der Waals surface area contributed by atoms with Gasteiger partial charge >= 0.3 is 6.09 Å². The number of likely N-dealkylation sites (N-methyl/N-ethyl adjacent to an activating group) is 1. The number of amides is 2. The largest absolute Gasteiger partial charge is 0.444 e. The van der Waals surface area contributed by atoms with Crippen molar-refractivity contribution in [3.8, 4) is 0 Å². The molecule has 1 aliphatic carbocycles. The van der Waals surface area contributed by atoms with Gasteiger partial charge in [-0.15, -0.1) is 0 Å². The summed E-state index contributed by atoms with van der Waals surface area (Å²) >= 11 is 0. The number of ether oxygens (including phenoxy) is 1. The molecule has 2 rings (SSSR count). The Morgan fingerprint density at radius 3 is 2.47 bits per heavy atom. The minimum Gasteiger partial charge on any atom is -0.444 e. The van der Waals surface area contributed by atoms with E-state index in [1.54, 1.807) is 11.9 Å². The Bertz CT molecular complexity index is 391. The van der Waals surface area contributed by atoms with Crippen LogP contribution in [0.15, 0.2) is 0 Å². The molecule has 19 heavy (non-hydrogen) atoms. The van der Waals surface area contributed by atoms with Crippen LogP contribution in [0.1, 0.15) is 27.2 Å². The van der Waals surface area contributed by atoms with Gasteiger partial charge in [-0.05, 0) is 39.0 Å². The van der Waals surface area contributed by atoms with Crippen LogP contribution in [-0.4, -0.2) is 54.3 Å². The maximum absolute atomic E-state index is 12.2. The van der Waals surface area contributed by atoms with Gasteiger partial charge in [-0.25, -0.2) is 9.86 Å². The highest BCUT2D eigenvalue weighted by molar-refractivity contribution is 5.86. The Morgan fingerprint density at radius 1 is 1.32 bits per heavy atom. The van der Waals surface area contributed by atoms with Crippen LogP contribution in [0.5, 0.6) is 0 Å². The molecule has 3 atom stereocenters. The van der Waals surface area contributed by atoms with E-state index in [1.807, 2.05) is 20.8 Å². The number of piperidine rings is 1. The van der Waals surface area contributed by atoms with Gasteiger partial charge < -0.3 is 4.74 Å². The van der Waals surface area contributed by atoms with E-state index < -0.39 is 17.7 Å². The van der Waals surface area contributed by atoms with E-state index in [4.69, 9.17) is 9.57 Å². The first-order chi connectivity index (χ1) is 8.74.